The Bertz CT molecular complexity index is 310. The zero-order valence-corrected chi connectivity index (χ0v) is 10.6. The van der Waals surface area contributed by atoms with Crippen molar-refractivity contribution in [2.75, 3.05) is 7.05 Å². The van der Waals surface area contributed by atoms with E-state index in [0.717, 1.165) is 0 Å². The first-order chi connectivity index (χ1) is 7.65. The molecule has 0 saturated carbocycles. The molecule has 0 aliphatic rings. The van der Waals surface area contributed by atoms with E-state index in [4.69, 9.17) is 4.74 Å². The first kappa shape index (κ1) is 15.4. The molecule has 17 heavy (non-hydrogen) atoms. The summed E-state index contributed by atoms with van der Waals surface area (Å²) in [6, 6.07) is -1.02. The molecule has 0 rings (SSSR count). The molecule has 0 heterocycles. The fourth-order valence-corrected chi connectivity index (χ4v) is 1.05. The highest BCUT2D eigenvalue weighted by atomic mass is 19.1. The summed E-state index contributed by atoms with van der Waals surface area (Å²) < 4.78 is 17.6. The summed E-state index contributed by atoms with van der Waals surface area (Å²) in [4.78, 5) is 22.8. The van der Waals surface area contributed by atoms with Gasteiger partial charge in [-0.1, -0.05) is 6.58 Å². The Hall–Kier alpha value is -1.59. The number of ether oxygens (including phenoxy) is 1. The number of likely N-dealkylation sites (N-methyl/N-ethyl adjacent to an activating group) is 1. The molecule has 0 aromatic heterocycles. The second kappa shape index (κ2) is 6.22. The highest BCUT2D eigenvalue weighted by Gasteiger charge is 2.24. The van der Waals surface area contributed by atoms with Gasteiger partial charge in [-0.25, -0.2) is 9.18 Å². The van der Waals surface area contributed by atoms with Crippen LogP contribution in [0.4, 0.5) is 9.18 Å². The van der Waals surface area contributed by atoms with Crippen LogP contribution in [0.5, 0.6) is 0 Å². The lowest BCUT2D eigenvalue weighted by Gasteiger charge is -2.22. The van der Waals surface area contributed by atoms with Gasteiger partial charge in [0.1, 0.15) is 11.6 Å². The predicted molar refractivity (Wildman–Crippen MR) is 62.1 cm³/mol. The third-order valence-electron chi connectivity index (χ3n) is 1.68. The molecule has 1 atom stereocenters. The molecule has 0 aromatic carbocycles. The third kappa shape index (κ3) is 7.32. The summed E-state index contributed by atoms with van der Waals surface area (Å²) in [6.07, 6.45) is -1.05. The molecule has 5 nitrogen and oxygen atoms in total. The summed E-state index contributed by atoms with van der Waals surface area (Å²) in [6.45, 7) is 8.12. The van der Waals surface area contributed by atoms with Crippen molar-refractivity contribution in [2.24, 2.45) is 0 Å². The molecule has 0 fully saturated rings. The summed E-state index contributed by atoms with van der Waals surface area (Å²) in [5.74, 6) is -1.19. The van der Waals surface area contributed by atoms with E-state index in [-0.39, 0.29) is 6.42 Å². The second-order valence-corrected chi connectivity index (χ2v) is 4.53. The fourth-order valence-electron chi connectivity index (χ4n) is 1.05. The van der Waals surface area contributed by atoms with Gasteiger partial charge in [-0.3, -0.25) is 4.79 Å². The van der Waals surface area contributed by atoms with E-state index in [2.05, 4.69) is 17.2 Å². The number of amides is 2. The zero-order valence-electron chi connectivity index (χ0n) is 10.6. The topological polar surface area (TPSA) is 67.4 Å². The fraction of sp³-hybridized carbons (Fsp3) is 0.636. The number of carbonyl (C=O) groups is 2. The number of hydrogen-bond acceptors (Lipinski definition) is 3. The number of nitrogens with one attached hydrogen (secondary N) is 2. The summed E-state index contributed by atoms with van der Waals surface area (Å²) in [5, 5.41) is 4.60. The monoisotopic (exact) mass is 246 g/mol. The van der Waals surface area contributed by atoms with E-state index in [1.165, 1.54) is 7.05 Å². The van der Waals surface area contributed by atoms with Crippen LogP contribution in [0.2, 0.25) is 0 Å². The van der Waals surface area contributed by atoms with Gasteiger partial charge in [0, 0.05) is 13.5 Å². The van der Waals surface area contributed by atoms with Crippen molar-refractivity contribution in [3.63, 3.8) is 0 Å². The molecule has 2 N–H and O–H groups in total. The van der Waals surface area contributed by atoms with Crippen LogP contribution in [0.15, 0.2) is 12.4 Å². The van der Waals surface area contributed by atoms with Crippen LogP contribution < -0.4 is 10.6 Å². The quantitative estimate of drug-likeness (QED) is 0.790. The molecule has 0 bridgehead atoms. The van der Waals surface area contributed by atoms with Crippen molar-refractivity contribution in [3.05, 3.63) is 12.4 Å². The molecular formula is C11H19FN2O3. The number of alkyl carbamates (subject to hydrolysis) is 1. The van der Waals surface area contributed by atoms with Gasteiger partial charge in [-0.05, 0) is 20.8 Å². The zero-order chi connectivity index (χ0) is 13.6. The molecule has 6 heteroatoms. The minimum Gasteiger partial charge on any atom is -0.444 e. The van der Waals surface area contributed by atoms with Crippen LogP contribution in [0.25, 0.3) is 0 Å². The van der Waals surface area contributed by atoms with Crippen LogP contribution in [-0.4, -0.2) is 30.7 Å². The van der Waals surface area contributed by atoms with E-state index >= 15 is 0 Å². The van der Waals surface area contributed by atoms with Crippen LogP contribution in [0, 0.1) is 0 Å². The van der Waals surface area contributed by atoms with Gasteiger partial charge in [-0.15, -0.1) is 0 Å². The highest BCUT2D eigenvalue weighted by Crippen LogP contribution is 2.09. The van der Waals surface area contributed by atoms with Crippen molar-refractivity contribution in [2.45, 2.75) is 38.8 Å². The van der Waals surface area contributed by atoms with Crippen molar-refractivity contribution >= 4 is 12.0 Å². The molecule has 0 spiro atoms. The lowest BCUT2D eigenvalue weighted by atomic mass is 10.2. The molecular weight excluding hydrogens is 227 g/mol. The number of hydrogen-bond donors (Lipinski definition) is 2. The van der Waals surface area contributed by atoms with E-state index in [1.54, 1.807) is 20.8 Å². The van der Waals surface area contributed by atoms with Crippen molar-refractivity contribution in [1.82, 2.24) is 10.6 Å². The smallest absolute Gasteiger partial charge is 0.408 e. The maximum Gasteiger partial charge on any atom is 0.408 e. The average molecular weight is 246 g/mol. The standard InChI is InChI=1S/C11H19FN2O3/c1-7(12)6-8(9(15)13-5)14-10(16)17-11(2,3)4/h8H,1,6H2,2-5H3,(H,13,15)(H,14,16)/t8-/m1/s1. The Morgan fingerprint density at radius 2 is 1.94 bits per heavy atom. The molecule has 2 amide bonds. The van der Waals surface area contributed by atoms with Crippen LogP contribution in [-0.2, 0) is 9.53 Å². The van der Waals surface area contributed by atoms with Gasteiger partial charge in [0.15, 0.2) is 0 Å². The van der Waals surface area contributed by atoms with Crippen LogP contribution in [0.1, 0.15) is 27.2 Å². The first-order valence-corrected chi connectivity index (χ1v) is 5.20. The molecule has 0 aromatic rings. The van der Waals surface area contributed by atoms with Gasteiger partial charge in [0.05, 0.1) is 5.83 Å². The molecule has 98 valence electrons. The third-order valence-corrected chi connectivity index (χ3v) is 1.68. The van der Waals surface area contributed by atoms with Gasteiger partial charge < -0.3 is 15.4 Å². The lowest BCUT2D eigenvalue weighted by Crippen LogP contribution is -2.47. The normalized spacial score (nSPS) is 12.5. The van der Waals surface area contributed by atoms with E-state index in [9.17, 15) is 14.0 Å². The maximum absolute atomic E-state index is 12.7. The Morgan fingerprint density at radius 1 is 1.41 bits per heavy atom. The molecule has 0 saturated heterocycles. The van der Waals surface area contributed by atoms with Gasteiger partial charge in [0.2, 0.25) is 5.91 Å². The van der Waals surface area contributed by atoms with Gasteiger partial charge >= 0.3 is 6.09 Å². The molecule has 0 radical (unpaired) electrons. The SMILES string of the molecule is C=C(F)C[C@@H](NC(=O)OC(C)(C)C)C(=O)NC. The summed E-state index contributed by atoms with van der Waals surface area (Å²) >= 11 is 0. The van der Waals surface area contributed by atoms with Gasteiger partial charge in [-0.2, -0.15) is 0 Å². The van der Waals surface area contributed by atoms with Crippen molar-refractivity contribution in [1.29, 1.82) is 0 Å². The van der Waals surface area contributed by atoms with Gasteiger partial charge in [0.25, 0.3) is 0 Å². The molecule has 0 unspecified atom stereocenters. The van der Waals surface area contributed by atoms with Crippen molar-refractivity contribution < 1.29 is 18.7 Å². The Balaban J connectivity index is 4.48. The maximum atomic E-state index is 12.7. The minimum absolute atomic E-state index is 0.279. The minimum atomic E-state index is -1.02. The van der Waals surface area contributed by atoms with Crippen LogP contribution >= 0.6 is 0 Å². The average Bonchev–Trinajstić information content (AvgIpc) is 2.11. The Labute approximate surface area is 100 Å². The number of rotatable bonds is 4. The summed E-state index contributed by atoms with van der Waals surface area (Å²) in [7, 11) is 1.40. The van der Waals surface area contributed by atoms with Crippen molar-refractivity contribution in [3.8, 4) is 0 Å². The predicted octanol–water partition coefficient (Wildman–Crippen LogP) is 1.50. The largest absolute Gasteiger partial charge is 0.444 e. The number of carbonyl (C=O) groups excluding carboxylic acids is 2. The van der Waals surface area contributed by atoms with E-state index in [1.807, 2.05) is 0 Å². The highest BCUT2D eigenvalue weighted by molar-refractivity contribution is 5.85. The Kier molecular flexibility index (Phi) is 5.64. The molecule has 0 aliphatic heterocycles. The Morgan fingerprint density at radius 3 is 2.29 bits per heavy atom. The summed E-state index contributed by atoms with van der Waals surface area (Å²) in [5.41, 5.74) is -0.677. The van der Waals surface area contributed by atoms with E-state index < -0.39 is 29.5 Å². The van der Waals surface area contributed by atoms with Crippen LogP contribution in [0.3, 0.4) is 0 Å². The second-order valence-electron chi connectivity index (χ2n) is 4.53. The number of halogens is 1. The van der Waals surface area contributed by atoms with E-state index in [0.29, 0.717) is 0 Å². The molecule has 0 aliphatic carbocycles. The first-order valence-electron chi connectivity index (χ1n) is 5.20. The lowest BCUT2D eigenvalue weighted by molar-refractivity contribution is -0.122.